The molecule has 0 aliphatic carbocycles. The molecular weight excluding hydrogens is 164 g/mol. The van der Waals surface area contributed by atoms with Crippen molar-refractivity contribution in [1.82, 2.24) is 4.90 Å². The number of likely N-dealkylation sites (tertiary alicyclic amines) is 1. The highest BCUT2D eigenvalue weighted by atomic mass is 16.3. The largest absolute Gasteiger partial charge is 0.472 e. The zero-order valence-corrected chi connectivity index (χ0v) is 7.78. The van der Waals surface area contributed by atoms with Gasteiger partial charge in [-0.2, -0.15) is 0 Å². The molecule has 1 aliphatic heterocycles. The van der Waals surface area contributed by atoms with Gasteiger partial charge in [0.1, 0.15) is 0 Å². The summed E-state index contributed by atoms with van der Waals surface area (Å²) in [4.78, 5) is 2.44. The van der Waals surface area contributed by atoms with Crippen LogP contribution in [0.15, 0.2) is 23.0 Å². The van der Waals surface area contributed by atoms with E-state index in [0.717, 1.165) is 0 Å². The summed E-state index contributed by atoms with van der Waals surface area (Å²) in [6, 6.07) is 2.37. The van der Waals surface area contributed by atoms with Crippen molar-refractivity contribution in [2.24, 2.45) is 5.73 Å². The molecule has 1 saturated heterocycles. The smallest absolute Gasteiger partial charge is 0.0950 e. The zero-order chi connectivity index (χ0) is 9.10. The molecule has 0 amide bonds. The maximum absolute atomic E-state index is 5.76. The average molecular weight is 180 g/mol. The van der Waals surface area contributed by atoms with E-state index in [9.17, 15) is 0 Å². The Morgan fingerprint density at radius 3 is 2.77 bits per heavy atom. The second kappa shape index (κ2) is 3.94. The fraction of sp³-hybridized carbons (Fsp3) is 0.600. The Hall–Kier alpha value is -0.800. The fourth-order valence-electron chi connectivity index (χ4n) is 2.01. The highest BCUT2D eigenvalue weighted by Crippen LogP contribution is 2.23. The Bertz CT molecular complexity index is 239. The van der Waals surface area contributed by atoms with Gasteiger partial charge in [0.25, 0.3) is 0 Å². The van der Waals surface area contributed by atoms with Crippen molar-refractivity contribution in [2.75, 3.05) is 19.6 Å². The molecular formula is C10H16N2O. The first-order valence-corrected chi connectivity index (χ1v) is 4.88. The van der Waals surface area contributed by atoms with Crippen LogP contribution in [0.5, 0.6) is 0 Å². The minimum atomic E-state index is 0.362. The predicted octanol–water partition coefficient (Wildman–Crippen LogP) is 1.38. The topological polar surface area (TPSA) is 42.4 Å². The summed E-state index contributed by atoms with van der Waals surface area (Å²) in [6.45, 7) is 3.03. The lowest BCUT2D eigenvalue weighted by atomic mass is 10.1. The van der Waals surface area contributed by atoms with E-state index in [4.69, 9.17) is 10.2 Å². The predicted molar refractivity (Wildman–Crippen MR) is 51.3 cm³/mol. The second-order valence-electron chi connectivity index (χ2n) is 3.55. The van der Waals surface area contributed by atoms with Crippen molar-refractivity contribution >= 4 is 0 Å². The molecule has 0 bridgehead atoms. The van der Waals surface area contributed by atoms with Gasteiger partial charge in [0.05, 0.1) is 18.6 Å². The van der Waals surface area contributed by atoms with Crippen molar-refractivity contribution in [3.05, 3.63) is 24.2 Å². The first kappa shape index (κ1) is 8.78. The number of nitrogens with two attached hydrogens (primary N) is 1. The lowest BCUT2D eigenvalue weighted by Gasteiger charge is -2.24. The van der Waals surface area contributed by atoms with Gasteiger partial charge < -0.3 is 10.2 Å². The highest BCUT2D eigenvalue weighted by Gasteiger charge is 2.22. The molecule has 2 heterocycles. The SMILES string of the molecule is NCC(c1ccoc1)N1CCCC1. The van der Waals surface area contributed by atoms with Crippen LogP contribution in [0.2, 0.25) is 0 Å². The van der Waals surface area contributed by atoms with Gasteiger partial charge in [-0.15, -0.1) is 0 Å². The third kappa shape index (κ3) is 1.76. The molecule has 0 saturated carbocycles. The molecule has 13 heavy (non-hydrogen) atoms. The number of furan rings is 1. The Morgan fingerprint density at radius 2 is 2.23 bits per heavy atom. The molecule has 1 atom stereocenters. The van der Waals surface area contributed by atoms with Crippen LogP contribution >= 0.6 is 0 Å². The van der Waals surface area contributed by atoms with Crippen molar-refractivity contribution in [1.29, 1.82) is 0 Å². The van der Waals surface area contributed by atoms with E-state index < -0.39 is 0 Å². The van der Waals surface area contributed by atoms with Gasteiger partial charge in [-0.05, 0) is 32.0 Å². The number of hydrogen-bond donors (Lipinski definition) is 1. The van der Waals surface area contributed by atoms with E-state index in [2.05, 4.69) is 4.90 Å². The van der Waals surface area contributed by atoms with Gasteiger partial charge in [0.2, 0.25) is 0 Å². The Kier molecular flexibility index (Phi) is 2.66. The van der Waals surface area contributed by atoms with Crippen LogP contribution in [-0.4, -0.2) is 24.5 Å². The van der Waals surface area contributed by atoms with Crippen molar-refractivity contribution < 1.29 is 4.42 Å². The molecule has 3 nitrogen and oxygen atoms in total. The van der Waals surface area contributed by atoms with E-state index in [1.54, 1.807) is 12.5 Å². The molecule has 1 aliphatic rings. The first-order valence-electron chi connectivity index (χ1n) is 4.88. The van der Waals surface area contributed by atoms with E-state index >= 15 is 0 Å². The molecule has 72 valence electrons. The van der Waals surface area contributed by atoms with E-state index in [-0.39, 0.29) is 0 Å². The summed E-state index contributed by atoms with van der Waals surface area (Å²) in [5.41, 5.74) is 6.97. The maximum atomic E-state index is 5.76. The molecule has 0 spiro atoms. The summed E-state index contributed by atoms with van der Waals surface area (Å²) >= 11 is 0. The van der Waals surface area contributed by atoms with Gasteiger partial charge in [0, 0.05) is 12.1 Å². The molecule has 1 fully saturated rings. The quantitative estimate of drug-likeness (QED) is 0.764. The molecule has 1 unspecified atom stereocenters. The van der Waals surface area contributed by atoms with Gasteiger partial charge in [-0.3, -0.25) is 4.90 Å². The Balaban J connectivity index is 2.08. The van der Waals surface area contributed by atoms with Gasteiger partial charge >= 0.3 is 0 Å². The summed E-state index contributed by atoms with van der Waals surface area (Å²) in [5, 5.41) is 0. The van der Waals surface area contributed by atoms with Gasteiger partial charge in [-0.25, -0.2) is 0 Å². The van der Waals surface area contributed by atoms with Gasteiger partial charge in [0.15, 0.2) is 0 Å². The standard InChI is InChI=1S/C10H16N2O/c11-7-10(9-3-6-13-8-9)12-4-1-2-5-12/h3,6,8,10H,1-2,4-5,7,11H2. The molecule has 0 aromatic carbocycles. The van der Waals surface area contributed by atoms with E-state index in [0.29, 0.717) is 12.6 Å². The van der Waals surface area contributed by atoms with Crippen molar-refractivity contribution in [3.8, 4) is 0 Å². The highest BCUT2D eigenvalue weighted by molar-refractivity contribution is 5.12. The lowest BCUT2D eigenvalue weighted by Crippen LogP contribution is -2.30. The van der Waals surface area contributed by atoms with Gasteiger partial charge in [-0.1, -0.05) is 0 Å². The second-order valence-corrected chi connectivity index (χ2v) is 3.55. The number of nitrogens with zero attached hydrogens (tertiary/aromatic N) is 1. The van der Waals surface area contributed by atoms with Crippen molar-refractivity contribution in [2.45, 2.75) is 18.9 Å². The van der Waals surface area contributed by atoms with E-state index in [1.165, 1.54) is 31.5 Å². The maximum Gasteiger partial charge on any atom is 0.0950 e. The van der Waals surface area contributed by atoms with Crippen LogP contribution in [0.1, 0.15) is 24.4 Å². The molecule has 1 aromatic rings. The minimum absolute atomic E-state index is 0.362. The summed E-state index contributed by atoms with van der Waals surface area (Å²) in [6.07, 6.45) is 6.12. The Morgan fingerprint density at radius 1 is 1.46 bits per heavy atom. The Labute approximate surface area is 78.5 Å². The zero-order valence-electron chi connectivity index (χ0n) is 7.78. The van der Waals surface area contributed by atoms with Crippen LogP contribution in [0.25, 0.3) is 0 Å². The molecule has 2 N–H and O–H groups in total. The van der Waals surface area contributed by atoms with Crippen LogP contribution in [0.4, 0.5) is 0 Å². The minimum Gasteiger partial charge on any atom is -0.472 e. The molecule has 3 heteroatoms. The number of hydrogen-bond acceptors (Lipinski definition) is 3. The third-order valence-electron chi connectivity index (χ3n) is 2.73. The average Bonchev–Trinajstić information content (AvgIpc) is 2.76. The third-order valence-corrected chi connectivity index (χ3v) is 2.73. The van der Waals surface area contributed by atoms with Crippen molar-refractivity contribution in [3.63, 3.8) is 0 Å². The first-order chi connectivity index (χ1) is 6.42. The van der Waals surface area contributed by atoms with E-state index in [1.807, 2.05) is 6.07 Å². The summed E-state index contributed by atoms with van der Waals surface area (Å²) in [7, 11) is 0. The fourth-order valence-corrected chi connectivity index (χ4v) is 2.01. The summed E-state index contributed by atoms with van der Waals surface area (Å²) < 4.78 is 5.07. The van der Waals surface area contributed by atoms with Crippen LogP contribution in [0, 0.1) is 0 Å². The van der Waals surface area contributed by atoms with Crippen LogP contribution < -0.4 is 5.73 Å². The number of rotatable bonds is 3. The van der Waals surface area contributed by atoms with Crippen LogP contribution in [-0.2, 0) is 0 Å². The van der Waals surface area contributed by atoms with Crippen LogP contribution in [0.3, 0.4) is 0 Å². The molecule has 1 aromatic heterocycles. The molecule has 0 radical (unpaired) electrons. The lowest BCUT2D eigenvalue weighted by molar-refractivity contribution is 0.250. The summed E-state index contributed by atoms with van der Waals surface area (Å²) in [5.74, 6) is 0. The molecule has 2 rings (SSSR count). The monoisotopic (exact) mass is 180 g/mol. The normalized spacial score (nSPS) is 20.7.